The molecule has 0 amide bonds. The van der Waals surface area contributed by atoms with Gasteiger partial charge < -0.3 is 10.3 Å². The zero-order valence-corrected chi connectivity index (χ0v) is 10.3. The molecule has 0 atom stereocenters. The van der Waals surface area contributed by atoms with Crippen LogP contribution in [-0.2, 0) is 0 Å². The van der Waals surface area contributed by atoms with Crippen LogP contribution >= 0.6 is 11.8 Å². The van der Waals surface area contributed by atoms with Crippen molar-refractivity contribution >= 4 is 17.7 Å². The van der Waals surface area contributed by atoms with Crippen LogP contribution in [0, 0.1) is 4.91 Å². The van der Waals surface area contributed by atoms with E-state index >= 15 is 0 Å². The predicted octanol–water partition coefficient (Wildman–Crippen LogP) is 2.47. The number of aromatic carboxylic acids is 1. The van der Waals surface area contributed by atoms with Crippen molar-refractivity contribution < 1.29 is 15.1 Å². The molecule has 19 heavy (non-hydrogen) atoms. The second-order valence-corrected chi connectivity index (χ2v) is 4.16. The van der Waals surface area contributed by atoms with E-state index in [0.29, 0.717) is 4.90 Å². The van der Waals surface area contributed by atoms with Crippen molar-refractivity contribution in [2.45, 2.75) is 9.79 Å². The molecule has 0 aliphatic rings. The second-order valence-electron chi connectivity index (χ2n) is 3.04. The molecule has 8 heteroatoms. The Hall–Kier alpha value is -2.48. The number of rotatable bonds is 3. The normalized spacial score (nSPS) is 9.05. The van der Waals surface area contributed by atoms with Crippen molar-refractivity contribution in [3.8, 4) is 0 Å². The minimum Gasteiger partial charge on any atom is -0.478 e. The molecule has 2 N–H and O–H groups in total. The Balaban J connectivity index is 0.000000550. The zero-order chi connectivity index (χ0) is 14.1. The summed E-state index contributed by atoms with van der Waals surface area (Å²) in [5.74, 6) is -0.945. The molecular weight excluding hydrogens is 270 g/mol. The molecule has 0 saturated heterocycles. The van der Waals surface area contributed by atoms with Crippen LogP contribution in [0.3, 0.4) is 0 Å². The zero-order valence-electron chi connectivity index (χ0n) is 9.50. The van der Waals surface area contributed by atoms with Gasteiger partial charge in [0.15, 0.2) is 5.34 Å². The highest BCUT2D eigenvalue weighted by molar-refractivity contribution is 7.99. The number of nitrogens with zero attached hydrogens (tertiary/aromatic N) is 3. The predicted molar refractivity (Wildman–Crippen MR) is 67.1 cm³/mol. The van der Waals surface area contributed by atoms with Crippen LogP contribution in [0.4, 0.5) is 0 Å². The van der Waals surface area contributed by atoms with E-state index in [2.05, 4.69) is 9.97 Å². The van der Waals surface area contributed by atoms with Crippen molar-refractivity contribution in [1.29, 1.82) is 0 Å². The number of carbonyl (C=O) groups is 1. The van der Waals surface area contributed by atoms with E-state index in [1.807, 2.05) is 12.1 Å². The van der Waals surface area contributed by atoms with Crippen molar-refractivity contribution in [3.05, 3.63) is 53.5 Å². The summed E-state index contributed by atoms with van der Waals surface area (Å²) in [4.78, 5) is 28.5. The van der Waals surface area contributed by atoms with Crippen LogP contribution in [0.25, 0.3) is 0 Å². The van der Waals surface area contributed by atoms with Gasteiger partial charge in [-0.2, -0.15) is 0 Å². The Morgan fingerprint density at radius 3 is 2.32 bits per heavy atom. The Labute approximate surface area is 112 Å². The van der Waals surface area contributed by atoms with Gasteiger partial charge in [-0.3, -0.25) is 9.97 Å². The SMILES string of the molecule is O=C(O)c1ccncc1Sc1ccncc1.O=NO. The quantitative estimate of drug-likeness (QED) is 0.655. The smallest absolute Gasteiger partial charge is 0.336 e. The fraction of sp³-hybridized carbons (Fsp3) is 0. The first-order valence-corrected chi connectivity index (χ1v) is 5.72. The first kappa shape index (κ1) is 14.6. The molecule has 2 heterocycles. The number of pyridine rings is 2. The van der Waals surface area contributed by atoms with E-state index in [1.54, 1.807) is 18.6 Å². The van der Waals surface area contributed by atoms with Gasteiger partial charge in [-0.1, -0.05) is 11.8 Å². The van der Waals surface area contributed by atoms with Gasteiger partial charge in [0.05, 0.1) is 5.56 Å². The number of carboxylic acid groups (broad SMARTS) is 1. The van der Waals surface area contributed by atoms with E-state index in [9.17, 15) is 4.79 Å². The molecule has 0 radical (unpaired) electrons. The summed E-state index contributed by atoms with van der Waals surface area (Å²) in [7, 11) is 0. The van der Waals surface area contributed by atoms with E-state index in [1.165, 1.54) is 29.4 Å². The monoisotopic (exact) mass is 279 g/mol. The largest absolute Gasteiger partial charge is 0.478 e. The Kier molecular flexibility index (Phi) is 5.96. The van der Waals surface area contributed by atoms with Crippen LogP contribution < -0.4 is 0 Å². The second kappa shape index (κ2) is 7.77. The molecule has 0 aliphatic carbocycles. The van der Waals surface area contributed by atoms with Crippen LogP contribution in [0.15, 0.2) is 58.1 Å². The molecule has 2 aromatic heterocycles. The average molecular weight is 279 g/mol. The summed E-state index contributed by atoms with van der Waals surface area (Å²) in [5, 5.41) is 16.9. The summed E-state index contributed by atoms with van der Waals surface area (Å²) >= 11 is 1.36. The molecule has 0 aliphatic heterocycles. The first-order valence-electron chi connectivity index (χ1n) is 4.91. The Bertz CT molecular complexity index is 551. The Morgan fingerprint density at radius 2 is 1.74 bits per heavy atom. The van der Waals surface area contributed by atoms with E-state index in [-0.39, 0.29) is 5.56 Å². The third-order valence-electron chi connectivity index (χ3n) is 1.89. The van der Waals surface area contributed by atoms with Gasteiger partial charge in [-0.25, -0.2) is 4.79 Å². The molecule has 98 valence electrons. The summed E-state index contributed by atoms with van der Waals surface area (Å²) < 4.78 is 0. The molecule has 0 saturated carbocycles. The van der Waals surface area contributed by atoms with Crippen molar-refractivity contribution in [2.75, 3.05) is 0 Å². The molecule has 2 rings (SSSR count). The summed E-state index contributed by atoms with van der Waals surface area (Å²) in [5.41, 5.74) is 0.261. The molecule has 2 aromatic rings. The lowest BCUT2D eigenvalue weighted by Crippen LogP contribution is -1.98. The molecular formula is C11H9N3O4S. The third-order valence-corrected chi connectivity index (χ3v) is 2.95. The average Bonchev–Trinajstić information content (AvgIpc) is 2.41. The highest BCUT2D eigenvalue weighted by atomic mass is 32.2. The third kappa shape index (κ3) is 4.72. The lowest BCUT2D eigenvalue weighted by Gasteiger charge is -2.03. The summed E-state index contributed by atoms with van der Waals surface area (Å²) in [6, 6.07) is 5.14. The van der Waals surface area contributed by atoms with Gasteiger partial charge in [-0.15, -0.1) is 4.91 Å². The van der Waals surface area contributed by atoms with Crippen LogP contribution in [0.2, 0.25) is 0 Å². The topological polar surface area (TPSA) is 113 Å². The molecule has 0 fully saturated rings. The number of aromatic nitrogens is 2. The van der Waals surface area contributed by atoms with Crippen molar-refractivity contribution in [1.82, 2.24) is 9.97 Å². The van der Waals surface area contributed by atoms with Gasteiger partial charge in [0.1, 0.15) is 0 Å². The highest BCUT2D eigenvalue weighted by Crippen LogP contribution is 2.29. The number of carboxylic acids is 1. The summed E-state index contributed by atoms with van der Waals surface area (Å²) in [6.07, 6.45) is 6.35. The standard InChI is InChI=1S/C11H8N2O2S.HNO2/c14-11(15)9-3-6-13-7-10(9)16-8-1-4-12-5-2-8;2-1-3/h1-7H,(H,14,15);(H,2,3). The van der Waals surface area contributed by atoms with Crippen LogP contribution in [-0.4, -0.2) is 26.3 Å². The maximum atomic E-state index is 11.0. The van der Waals surface area contributed by atoms with Crippen molar-refractivity contribution in [3.63, 3.8) is 0 Å². The maximum absolute atomic E-state index is 11.0. The lowest BCUT2D eigenvalue weighted by molar-refractivity contribution is 0.0693. The van der Waals surface area contributed by atoms with Gasteiger partial charge in [0, 0.05) is 34.6 Å². The Morgan fingerprint density at radius 1 is 1.16 bits per heavy atom. The summed E-state index contributed by atoms with van der Waals surface area (Å²) in [6.45, 7) is 0. The minimum absolute atomic E-state index is 0.261. The number of hydrogen-bond donors (Lipinski definition) is 2. The van der Waals surface area contributed by atoms with E-state index in [0.717, 1.165) is 4.90 Å². The van der Waals surface area contributed by atoms with Crippen LogP contribution in [0.1, 0.15) is 10.4 Å². The fourth-order valence-electron chi connectivity index (χ4n) is 1.17. The van der Waals surface area contributed by atoms with Gasteiger partial charge in [0.2, 0.25) is 0 Å². The molecule has 0 unspecified atom stereocenters. The minimum atomic E-state index is -0.945. The van der Waals surface area contributed by atoms with Gasteiger partial charge in [-0.05, 0) is 18.2 Å². The molecule has 0 aromatic carbocycles. The highest BCUT2D eigenvalue weighted by Gasteiger charge is 2.10. The van der Waals surface area contributed by atoms with E-state index in [4.69, 9.17) is 15.2 Å². The maximum Gasteiger partial charge on any atom is 0.336 e. The molecule has 0 bridgehead atoms. The van der Waals surface area contributed by atoms with Gasteiger partial charge in [0.25, 0.3) is 0 Å². The van der Waals surface area contributed by atoms with Gasteiger partial charge >= 0.3 is 5.97 Å². The van der Waals surface area contributed by atoms with E-state index < -0.39 is 5.97 Å². The lowest BCUT2D eigenvalue weighted by atomic mass is 10.3. The first-order chi connectivity index (χ1) is 9.19. The molecule has 0 spiro atoms. The fourth-order valence-corrected chi connectivity index (χ4v) is 2.06. The number of hydrogen-bond acceptors (Lipinski definition) is 6. The van der Waals surface area contributed by atoms with Crippen LogP contribution in [0.5, 0.6) is 0 Å². The van der Waals surface area contributed by atoms with Crippen molar-refractivity contribution in [2.24, 2.45) is 5.34 Å². The molecule has 7 nitrogen and oxygen atoms in total.